The first-order valence-electron chi connectivity index (χ1n) is 3.19. The fourth-order valence-corrected chi connectivity index (χ4v) is 0.204. The standard InChI is InChI=1S/C4H8O2.C3H9S/c1-2-3-4(5)6;1-4(2)3/h2-3H2,1H3,(H,5,6);1-3H3/q;+1/p-1. The van der Waals surface area contributed by atoms with E-state index < -0.39 is 5.97 Å². The molecular weight excluding hydrogens is 148 g/mol. The molecule has 0 saturated carbocycles. The Hall–Kier alpha value is -0.180. The van der Waals surface area contributed by atoms with Gasteiger partial charge in [0, 0.05) is 5.97 Å². The summed E-state index contributed by atoms with van der Waals surface area (Å²) in [6.45, 7) is 1.80. The van der Waals surface area contributed by atoms with Crippen molar-refractivity contribution >= 4 is 16.9 Å². The van der Waals surface area contributed by atoms with Crippen LogP contribution < -0.4 is 5.11 Å². The maximum atomic E-state index is 9.49. The molecule has 0 unspecified atom stereocenters. The van der Waals surface area contributed by atoms with Crippen LogP contribution in [-0.2, 0) is 15.7 Å². The van der Waals surface area contributed by atoms with Gasteiger partial charge >= 0.3 is 0 Å². The van der Waals surface area contributed by atoms with Crippen molar-refractivity contribution in [1.82, 2.24) is 0 Å². The summed E-state index contributed by atoms with van der Waals surface area (Å²) in [6, 6.07) is 0. The number of aliphatic carboxylic acids is 1. The number of carboxylic acids is 1. The first-order chi connectivity index (χ1) is 4.50. The largest absolute Gasteiger partial charge is 0.550 e. The second-order valence-corrected chi connectivity index (χ2v) is 4.80. The summed E-state index contributed by atoms with van der Waals surface area (Å²) in [7, 11) is 0.639. The van der Waals surface area contributed by atoms with Gasteiger partial charge in [-0.05, 0) is 17.3 Å². The van der Waals surface area contributed by atoms with Gasteiger partial charge in [-0.1, -0.05) is 13.3 Å². The fraction of sp³-hybridized carbons (Fsp3) is 0.857. The Kier molecular flexibility index (Phi) is 11.0. The molecule has 0 aromatic carbocycles. The van der Waals surface area contributed by atoms with Crippen molar-refractivity contribution in [3.05, 3.63) is 0 Å². The smallest absolute Gasteiger partial charge is 0.0969 e. The molecule has 0 N–H and O–H groups in total. The molecule has 0 saturated heterocycles. The molecule has 0 bridgehead atoms. The Balaban J connectivity index is 0. The Morgan fingerprint density at radius 3 is 1.70 bits per heavy atom. The molecule has 62 valence electrons. The van der Waals surface area contributed by atoms with Crippen LogP contribution in [0.4, 0.5) is 0 Å². The van der Waals surface area contributed by atoms with E-state index in [0.717, 1.165) is 0 Å². The lowest BCUT2D eigenvalue weighted by Crippen LogP contribution is -2.20. The van der Waals surface area contributed by atoms with E-state index in [9.17, 15) is 9.90 Å². The number of carbonyl (C=O) groups is 1. The second-order valence-electron chi connectivity index (χ2n) is 2.35. The van der Waals surface area contributed by atoms with Crippen LogP contribution in [-0.4, -0.2) is 24.7 Å². The topological polar surface area (TPSA) is 40.1 Å². The van der Waals surface area contributed by atoms with Gasteiger partial charge in [0.15, 0.2) is 0 Å². The highest BCUT2D eigenvalue weighted by molar-refractivity contribution is 7.94. The Labute approximate surface area is 66.0 Å². The van der Waals surface area contributed by atoms with E-state index in [-0.39, 0.29) is 6.42 Å². The van der Waals surface area contributed by atoms with Crippen LogP contribution in [0.2, 0.25) is 0 Å². The normalized spacial score (nSPS) is 8.50. The van der Waals surface area contributed by atoms with Crippen LogP contribution in [0, 0.1) is 0 Å². The van der Waals surface area contributed by atoms with E-state index >= 15 is 0 Å². The zero-order valence-corrected chi connectivity index (χ0v) is 7.96. The number of carbonyl (C=O) groups excluding carboxylic acids is 1. The van der Waals surface area contributed by atoms with Crippen molar-refractivity contribution < 1.29 is 9.90 Å². The molecule has 0 aliphatic carbocycles. The summed E-state index contributed by atoms with van der Waals surface area (Å²) in [4.78, 5) is 9.49. The summed E-state index contributed by atoms with van der Waals surface area (Å²) < 4.78 is 0. The number of hydrogen-bond acceptors (Lipinski definition) is 2. The van der Waals surface area contributed by atoms with Crippen molar-refractivity contribution in [1.29, 1.82) is 0 Å². The van der Waals surface area contributed by atoms with Gasteiger partial charge in [-0.2, -0.15) is 0 Å². The van der Waals surface area contributed by atoms with Gasteiger partial charge in [-0.15, -0.1) is 0 Å². The van der Waals surface area contributed by atoms with E-state index in [4.69, 9.17) is 0 Å². The molecule has 0 amide bonds. The van der Waals surface area contributed by atoms with E-state index in [0.29, 0.717) is 17.3 Å². The average Bonchev–Trinajstić information content (AvgIpc) is 1.62. The van der Waals surface area contributed by atoms with E-state index in [1.54, 1.807) is 6.92 Å². The fourth-order valence-electron chi connectivity index (χ4n) is 0.204. The predicted molar refractivity (Wildman–Crippen MR) is 45.1 cm³/mol. The van der Waals surface area contributed by atoms with E-state index in [1.165, 1.54) is 0 Å². The molecule has 0 spiro atoms. The summed E-state index contributed by atoms with van der Waals surface area (Å²) in [5, 5.41) is 9.49. The van der Waals surface area contributed by atoms with Gasteiger partial charge in [0.2, 0.25) is 0 Å². The minimum absolute atomic E-state index is 0.181. The van der Waals surface area contributed by atoms with Crippen molar-refractivity contribution in [2.45, 2.75) is 19.8 Å². The molecule has 0 aromatic heterocycles. The lowest BCUT2D eigenvalue weighted by molar-refractivity contribution is -0.305. The quantitative estimate of drug-likeness (QED) is 0.540. The Morgan fingerprint density at radius 1 is 1.40 bits per heavy atom. The Bertz CT molecular complexity index is 78.9. The zero-order valence-electron chi connectivity index (χ0n) is 7.14. The average molecular weight is 164 g/mol. The highest BCUT2D eigenvalue weighted by atomic mass is 32.2. The van der Waals surface area contributed by atoms with Crippen LogP contribution in [0.1, 0.15) is 19.8 Å². The predicted octanol–water partition coefficient (Wildman–Crippen LogP) is 0.0305. The van der Waals surface area contributed by atoms with E-state index in [2.05, 4.69) is 18.8 Å². The monoisotopic (exact) mass is 164 g/mol. The molecule has 0 radical (unpaired) electrons. The number of carboxylic acid groups (broad SMARTS) is 1. The van der Waals surface area contributed by atoms with Crippen molar-refractivity contribution in [2.75, 3.05) is 18.8 Å². The Morgan fingerprint density at radius 2 is 1.70 bits per heavy atom. The summed E-state index contributed by atoms with van der Waals surface area (Å²) >= 11 is 0. The lowest BCUT2D eigenvalue weighted by atomic mass is 10.4. The minimum Gasteiger partial charge on any atom is -0.550 e. The van der Waals surface area contributed by atoms with E-state index in [1.807, 2.05) is 0 Å². The van der Waals surface area contributed by atoms with Crippen LogP contribution in [0.15, 0.2) is 0 Å². The third kappa shape index (κ3) is 45.7. The molecule has 0 aliphatic rings. The van der Waals surface area contributed by atoms with Gasteiger partial charge in [0.05, 0.1) is 18.8 Å². The van der Waals surface area contributed by atoms with Crippen molar-refractivity contribution in [3.8, 4) is 0 Å². The SMILES string of the molecule is CCCC(=O)[O-].C[S+](C)C. The highest BCUT2D eigenvalue weighted by Crippen LogP contribution is 1.79. The van der Waals surface area contributed by atoms with Crippen LogP contribution >= 0.6 is 0 Å². The molecule has 2 nitrogen and oxygen atoms in total. The summed E-state index contributed by atoms with van der Waals surface area (Å²) in [6.07, 6.45) is 7.43. The van der Waals surface area contributed by atoms with Crippen LogP contribution in [0.3, 0.4) is 0 Å². The molecule has 0 fully saturated rings. The molecule has 0 aliphatic heterocycles. The van der Waals surface area contributed by atoms with Gasteiger partial charge in [0.25, 0.3) is 0 Å². The molecule has 0 aromatic rings. The van der Waals surface area contributed by atoms with Crippen molar-refractivity contribution in [2.24, 2.45) is 0 Å². The molecule has 0 heterocycles. The van der Waals surface area contributed by atoms with Crippen molar-refractivity contribution in [3.63, 3.8) is 0 Å². The molecule has 3 heteroatoms. The third-order valence-electron chi connectivity index (χ3n) is 0.454. The summed E-state index contributed by atoms with van der Waals surface area (Å²) in [5.74, 6) is -0.961. The first-order valence-corrected chi connectivity index (χ1v) is 5.64. The number of rotatable bonds is 2. The zero-order chi connectivity index (χ0) is 8.57. The van der Waals surface area contributed by atoms with Gasteiger partial charge in [-0.3, -0.25) is 0 Å². The highest BCUT2D eigenvalue weighted by Gasteiger charge is 1.77. The van der Waals surface area contributed by atoms with Crippen LogP contribution in [0.25, 0.3) is 0 Å². The van der Waals surface area contributed by atoms with Gasteiger partial charge in [0.1, 0.15) is 0 Å². The van der Waals surface area contributed by atoms with Gasteiger partial charge in [-0.25, -0.2) is 0 Å². The second kappa shape index (κ2) is 8.82. The van der Waals surface area contributed by atoms with Crippen LogP contribution in [0.5, 0.6) is 0 Å². The number of hydrogen-bond donors (Lipinski definition) is 0. The maximum absolute atomic E-state index is 9.49. The first kappa shape index (κ1) is 12.5. The lowest BCUT2D eigenvalue weighted by Gasteiger charge is -1.92. The molecule has 0 rings (SSSR count). The molecular formula is C7H16O2S. The maximum Gasteiger partial charge on any atom is 0.0969 e. The minimum atomic E-state index is -0.961. The molecule has 10 heavy (non-hydrogen) atoms. The van der Waals surface area contributed by atoms with Gasteiger partial charge < -0.3 is 9.90 Å². The summed E-state index contributed by atoms with van der Waals surface area (Å²) in [5.41, 5.74) is 0. The third-order valence-corrected chi connectivity index (χ3v) is 0.454. The molecule has 0 atom stereocenters.